The van der Waals surface area contributed by atoms with Gasteiger partial charge in [-0.25, -0.2) is 0 Å². The van der Waals surface area contributed by atoms with Crippen LogP contribution in [0.5, 0.6) is 0 Å². The summed E-state index contributed by atoms with van der Waals surface area (Å²) in [5, 5.41) is 6.45. The first-order valence-corrected chi connectivity index (χ1v) is 5.31. The molecule has 4 nitrogen and oxygen atoms in total. The van der Waals surface area contributed by atoms with Gasteiger partial charge in [0.25, 0.3) is 0 Å². The topological polar surface area (TPSA) is 44.4 Å². The van der Waals surface area contributed by atoms with Crippen LogP contribution in [-0.2, 0) is 4.79 Å². The first-order chi connectivity index (χ1) is 6.70. The Bertz CT molecular complexity index is 176. The second-order valence-electron chi connectivity index (χ2n) is 4.08. The Hall–Kier alpha value is -0.450. The lowest BCUT2D eigenvalue weighted by atomic mass is 10.1. The van der Waals surface area contributed by atoms with Crippen LogP contribution in [0.2, 0.25) is 0 Å². The van der Waals surface area contributed by atoms with Gasteiger partial charge >= 0.3 is 0 Å². The number of nitrogens with zero attached hydrogens (tertiary/aromatic N) is 1. The van der Waals surface area contributed by atoms with Gasteiger partial charge in [-0.15, -0.1) is 0 Å². The van der Waals surface area contributed by atoms with E-state index < -0.39 is 0 Å². The smallest absolute Gasteiger partial charge is 0.151 e. The molecule has 1 fully saturated rings. The molecule has 0 aromatic heterocycles. The predicted octanol–water partition coefficient (Wildman–Crippen LogP) is -0.541. The van der Waals surface area contributed by atoms with Crippen LogP contribution >= 0.6 is 0 Å². The molecule has 0 aliphatic carbocycles. The van der Waals surface area contributed by atoms with Crippen LogP contribution in [0, 0.1) is 0 Å². The van der Waals surface area contributed by atoms with Crippen molar-refractivity contribution in [3.05, 3.63) is 0 Å². The zero-order valence-electron chi connectivity index (χ0n) is 9.18. The van der Waals surface area contributed by atoms with Crippen LogP contribution in [0.25, 0.3) is 0 Å². The summed E-state index contributed by atoms with van der Waals surface area (Å²) in [7, 11) is 4.07. The average molecular weight is 199 g/mol. The van der Waals surface area contributed by atoms with Crippen molar-refractivity contribution in [3.8, 4) is 0 Å². The summed E-state index contributed by atoms with van der Waals surface area (Å²) in [4.78, 5) is 13.8. The van der Waals surface area contributed by atoms with Gasteiger partial charge in [0.15, 0.2) is 5.78 Å². The number of Topliss-reactive ketones (excluding diaryl/α,β-unsaturated/α-hetero) is 1. The maximum Gasteiger partial charge on any atom is 0.151 e. The van der Waals surface area contributed by atoms with E-state index in [1.165, 1.54) is 0 Å². The highest BCUT2D eigenvalue weighted by Crippen LogP contribution is 1.98. The van der Waals surface area contributed by atoms with Crippen LogP contribution in [0.15, 0.2) is 0 Å². The van der Waals surface area contributed by atoms with Gasteiger partial charge in [-0.05, 0) is 27.1 Å². The van der Waals surface area contributed by atoms with E-state index in [4.69, 9.17) is 0 Å². The fourth-order valence-electron chi connectivity index (χ4n) is 1.62. The molecule has 0 bridgehead atoms. The minimum atomic E-state index is 0.0471. The van der Waals surface area contributed by atoms with Gasteiger partial charge in [-0.1, -0.05) is 0 Å². The van der Waals surface area contributed by atoms with E-state index >= 15 is 0 Å². The van der Waals surface area contributed by atoms with E-state index in [9.17, 15) is 4.79 Å². The molecule has 0 spiro atoms. The van der Waals surface area contributed by atoms with E-state index in [1.807, 2.05) is 14.1 Å². The minimum absolute atomic E-state index is 0.0471. The lowest BCUT2D eigenvalue weighted by Crippen LogP contribution is -2.52. The van der Waals surface area contributed by atoms with Crippen LogP contribution in [0.4, 0.5) is 0 Å². The molecule has 14 heavy (non-hydrogen) atoms. The first-order valence-electron chi connectivity index (χ1n) is 5.31. The Balaban J connectivity index is 2.13. The van der Waals surface area contributed by atoms with Crippen molar-refractivity contribution in [3.63, 3.8) is 0 Å². The molecule has 0 radical (unpaired) electrons. The van der Waals surface area contributed by atoms with Gasteiger partial charge in [0.1, 0.15) is 0 Å². The van der Waals surface area contributed by atoms with Gasteiger partial charge in [0, 0.05) is 26.1 Å². The van der Waals surface area contributed by atoms with E-state index in [-0.39, 0.29) is 6.04 Å². The summed E-state index contributed by atoms with van der Waals surface area (Å²) in [5.41, 5.74) is 0. The third-order valence-corrected chi connectivity index (χ3v) is 2.46. The number of piperazine rings is 1. The standard InChI is InChI=1S/C10H21N3O/c1-13(2)7-3-4-10(14)9-8-11-5-6-12-9/h9,11-12H,3-8H2,1-2H3. The number of carbonyl (C=O) groups excluding carboxylic acids is 1. The molecule has 1 atom stereocenters. The second-order valence-corrected chi connectivity index (χ2v) is 4.08. The summed E-state index contributed by atoms with van der Waals surface area (Å²) < 4.78 is 0. The quantitative estimate of drug-likeness (QED) is 0.624. The van der Waals surface area contributed by atoms with Crippen LogP contribution in [0.3, 0.4) is 0 Å². The molecule has 0 aromatic rings. The molecular weight excluding hydrogens is 178 g/mol. The fourth-order valence-corrected chi connectivity index (χ4v) is 1.62. The molecule has 4 heteroatoms. The van der Waals surface area contributed by atoms with E-state index in [2.05, 4.69) is 15.5 Å². The van der Waals surface area contributed by atoms with Gasteiger partial charge in [0.05, 0.1) is 6.04 Å². The van der Waals surface area contributed by atoms with Crippen molar-refractivity contribution >= 4 is 5.78 Å². The molecule has 82 valence electrons. The fraction of sp³-hybridized carbons (Fsp3) is 0.900. The summed E-state index contributed by atoms with van der Waals surface area (Å²) in [6.45, 7) is 3.66. The molecule has 0 amide bonds. The molecule has 1 saturated heterocycles. The van der Waals surface area contributed by atoms with Crippen LogP contribution in [0.1, 0.15) is 12.8 Å². The average Bonchev–Trinajstić information content (AvgIpc) is 2.18. The van der Waals surface area contributed by atoms with Gasteiger partial charge in [-0.3, -0.25) is 4.79 Å². The normalized spacial score (nSPS) is 22.6. The Morgan fingerprint density at radius 1 is 1.43 bits per heavy atom. The minimum Gasteiger partial charge on any atom is -0.313 e. The molecule has 2 N–H and O–H groups in total. The highest BCUT2D eigenvalue weighted by Gasteiger charge is 2.19. The SMILES string of the molecule is CN(C)CCCC(=O)C1CNCCN1. The van der Waals surface area contributed by atoms with Crippen molar-refractivity contribution in [2.24, 2.45) is 0 Å². The molecule has 0 aromatic carbocycles. The molecule has 1 heterocycles. The molecule has 0 saturated carbocycles. The molecule has 1 aliphatic heterocycles. The second kappa shape index (κ2) is 6.11. The summed E-state index contributed by atoms with van der Waals surface area (Å²) in [6.07, 6.45) is 1.65. The van der Waals surface area contributed by atoms with Crippen molar-refractivity contribution < 1.29 is 4.79 Å². The van der Waals surface area contributed by atoms with E-state index in [0.717, 1.165) is 32.6 Å². The number of hydrogen-bond acceptors (Lipinski definition) is 4. The maximum atomic E-state index is 11.7. The summed E-state index contributed by atoms with van der Waals surface area (Å²) in [5.74, 6) is 0.346. The van der Waals surface area contributed by atoms with E-state index in [0.29, 0.717) is 12.2 Å². The monoisotopic (exact) mass is 199 g/mol. The first kappa shape index (κ1) is 11.6. The lowest BCUT2D eigenvalue weighted by molar-refractivity contribution is -0.121. The molecule has 1 rings (SSSR count). The number of carbonyl (C=O) groups is 1. The van der Waals surface area contributed by atoms with Crippen molar-refractivity contribution in [1.82, 2.24) is 15.5 Å². The Morgan fingerprint density at radius 3 is 2.79 bits per heavy atom. The van der Waals surface area contributed by atoms with Crippen molar-refractivity contribution in [2.75, 3.05) is 40.3 Å². The molecule has 1 aliphatic rings. The number of nitrogens with one attached hydrogen (secondary N) is 2. The highest BCUT2D eigenvalue weighted by molar-refractivity contribution is 5.84. The number of ketones is 1. The Morgan fingerprint density at radius 2 is 2.21 bits per heavy atom. The number of rotatable bonds is 5. The Kier molecular flexibility index (Phi) is 5.07. The molecule has 1 unspecified atom stereocenters. The molecular formula is C10H21N3O. The van der Waals surface area contributed by atoms with Crippen molar-refractivity contribution in [1.29, 1.82) is 0 Å². The van der Waals surface area contributed by atoms with Gasteiger partial charge in [0.2, 0.25) is 0 Å². The summed E-state index contributed by atoms with van der Waals surface area (Å²) in [6, 6.07) is 0.0471. The summed E-state index contributed by atoms with van der Waals surface area (Å²) >= 11 is 0. The maximum absolute atomic E-state index is 11.7. The zero-order valence-corrected chi connectivity index (χ0v) is 9.18. The van der Waals surface area contributed by atoms with Crippen LogP contribution < -0.4 is 10.6 Å². The Labute approximate surface area is 86.0 Å². The van der Waals surface area contributed by atoms with E-state index in [1.54, 1.807) is 0 Å². The zero-order chi connectivity index (χ0) is 10.4. The largest absolute Gasteiger partial charge is 0.313 e. The third kappa shape index (κ3) is 4.17. The van der Waals surface area contributed by atoms with Gasteiger partial charge < -0.3 is 15.5 Å². The lowest BCUT2D eigenvalue weighted by Gasteiger charge is -2.23. The van der Waals surface area contributed by atoms with Crippen molar-refractivity contribution in [2.45, 2.75) is 18.9 Å². The highest BCUT2D eigenvalue weighted by atomic mass is 16.1. The third-order valence-electron chi connectivity index (χ3n) is 2.46. The van der Waals surface area contributed by atoms with Crippen LogP contribution in [-0.4, -0.2) is 57.0 Å². The van der Waals surface area contributed by atoms with Gasteiger partial charge in [-0.2, -0.15) is 0 Å². The predicted molar refractivity (Wildman–Crippen MR) is 57.5 cm³/mol. The number of hydrogen-bond donors (Lipinski definition) is 2.